The van der Waals surface area contributed by atoms with Crippen molar-refractivity contribution >= 4 is 11.9 Å². The smallest absolute Gasteiger partial charge is 0.397 e. The van der Waals surface area contributed by atoms with Crippen LogP contribution >= 0.6 is 0 Å². The highest BCUT2D eigenvalue weighted by Gasteiger charge is 2.30. The number of nitrogens with one attached hydrogen (secondary N) is 1. The van der Waals surface area contributed by atoms with Crippen LogP contribution in [-0.2, 0) is 14.3 Å². The largest absolute Gasteiger partial charge is 0.480 e. The van der Waals surface area contributed by atoms with Gasteiger partial charge in [-0.3, -0.25) is 4.79 Å². The lowest BCUT2D eigenvalue weighted by atomic mass is 10.4. The summed E-state index contributed by atoms with van der Waals surface area (Å²) < 4.78 is 39.3. The normalized spacial score (nSPS) is 11.1. The highest BCUT2D eigenvalue weighted by Crippen LogP contribution is 2.18. The summed E-state index contributed by atoms with van der Waals surface area (Å²) in [5.41, 5.74) is 0. The van der Waals surface area contributed by atoms with Crippen LogP contribution in [0.5, 0.6) is 0 Å². The van der Waals surface area contributed by atoms with E-state index < -0.39 is 31.1 Å². The Bertz CT molecular complexity index is 229. The zero-order valence-corrected chi connectivity index (χ0v) is 7.63. The Labute approximate surface area is 83.2 Å². The Morgan fingerprint density at radius 3 is 2.40 bits per heavy atom. The number of ether oxygens (including phenoxy) is 1. The van der Waals surface area contributed by atoms with Crippen LogP contribution in [0.25, 0.3) is 0 Å². The molecule has 0 aromatic heterocycles. The average Bonchev–Trinajstić information content (AvgIpc) is 1.99. The van der Waals surface area contributed by atoms with Gasteiger partial charge in [0.25, 0.3) is 0 Å². The van der Waals surface area contributed by atoms with Crippen molar-refractivity contribution in [2.24, 2.45) is 0 Å². The van der Waals surface area contributed by atoms with Gasteiger partial charge in [0.1, 0.15) is 13.0 Å². The van der Waals surface area contributed by atoms with Crippen LogP contribution in [0.2, 0.25) is 0 Å². The number of aliphatic carboxylic acids is 1. The van der Waals surface area contributed by atoms with Gasteiger partial charge in [0.15, 0.2) is 0 Å². The number of amides is 1. The fourth-order valence-corrected chi connectivity index (χ4v) is 0.667. The van der Waals surface area contributed by atoms with Gasteiger partial charge in [-0.2, -0.15) is 13.2 Å². The van der Waals surface area contributed by atoms with E-state index in [1.165, 1.54) is 0 Å². The number of rotatable bonds is 6. The van der Waals surface area contributed by atoms with Crippen molar-refractivity contribution in [3.63, 3.8) is 0 Å². The third-order valence-corrected chi connectivity index (χ3v) is 1.16. The van der Waals surface area contributed by atoms with Gasteiger partial charge in [0.2, 0.25) is 5.91 Å². The molecule has 0 aliphatic heterocycles. The lowest BCUT2D eigenvalue weighted by Gasteiger charge is -2.07. The number of carboxylic acid groups (broad SMARTS) is 1. The number of carbonyl (C=O) groups excluding carboxylic acids is 1. The Kier molecular flexibility index (Phi) is 5.68. The van der Waals surface area contributed by atoms with Crippen LogP contribution in [0.4, 0.5) is 13.2 Å². The molecular weight excluding hydrogens is 219 g/mol. The van der Waals surface area contributed by atoms with Gasteiger partial charge in [0.05, 0.1) is 6.61 Å². The number of hydrogen-bond donors (Lipinski definition) is 2. The first-order chi connectivity index (χ1) is 6.81. The molecule has 0 bridgehead atoms. The van der Waals surface area contributed by atoms with E-state index >= 15 is 0 Å². The van der Waals surface area contributed by atoms with Crippen molar-refractivity contribution in [3.05, 3.63) is 0 Å². The minimum absolute atomic E-state index is 0.143. The fourth-order valence-electron chi connectivity index (χ4n) is 0.667. The lowest BCUT2D eigenvalue weighted by Crippen LogP contribution is -2.31. The van der Waals surface area contributed by atoms with Crippen molar-refractivity contribution in [1.82, 2.24) is 5.32 Å². The molecule has 88 valence electrons. The number of carboxylic acids is 1. The maximum atomic E-state index is 11.6. The van der Waals surface area contributed by atoms with Crippen molar-refractivity contribution in [2.75, 3.05) is 19.8 Å². The maximum absolute atomic E-state index is 11.6. The second-order valence-corrected chi connectivity index (χ2v) is 2.59. The first-order valence-electron chi connectivity index (χ1n) is 3.94. The van der Waals surface area contributed by atoms with Crippen molar-refractivity contribution < 1.29 is 32.6 Å². The first kappa shape index (κ1) is 13.7. The summed E-state index contributed by atoms with van der Waals surface area (Å²) in [6.45, 7) is -0.840. The molecule has 8 heteroatoms. The molecule has 0 unspecified atom stereocenters. The number of halogens is 3. The average molecular weight is 229 g/mol. The van der Waals surface area contributed by atoms with E-state index in [4.69, 9.17) is 5.11 Å². The van der Waals surface area contributed by atoms with Gasteiger partial charge in [0, 0.05) is 6.54 Å². The third kappa shape index (κ3) is 10.6. The highest BCUT2D eigenvalue weighted by atomic mass is 19.4. The van der Waals surface area contributed by atoms with Crippen molar-refractivity contribution in [2.45, 2.75) is 12.6 Å². The van der Waals surface area contributed by atoms with Crippen LogP contribution in [-0.4, -0.2) is 42.9 Å². The minimum atomic E-state index is -4.54. The van der Waals surface area contributed by atoms with Crippen LogP contribution in [0.1, 0.15) is 6.42 Å². The molecule has 0 saturated heterocycles. The van der Waals surface area contributed by atoms with Crippen LogP contribution in [0.15, 0.2) is 0 Å². The summed E-state index contributed by atoms with van der Waals surface area (Å²) in [4.78, 5) is 20.5. The zero-order chi connectivity index (χ0) is 11.9. The molecule has 2 N–H and O–H groups in total. The van der Waals surface area contributed by atoms with Gasteiger partial charge < -0.3 is 15.2 Å². The summed E-state index contributed by atoms with van der Waals surface area (Å²) in [5, 5.41) is 10.0. The van der Waals surface area contributed by atoms with Gasteiger partial charge in [-0.25, -0.2) is 4.79 Å². The van der Waals surface area contributed by atoms with Crippen LogP contribution in [0, 0.1) is 0 Å². The molecule has 1 amide bonds. The standard InChI is InChI=1S/C7H10F3NO4/c8-7(9,10)3-5(12)11-1-2-15-4-6(13)14/h1-4H2,(H,11,12)(H,13,14). The summed E-state index contributed by atoms with van der Waals surface area (Å²) in [5.74, 6) is -2.35. The molecule has 0 rings (SSSR count). The topological polar surface area (TPSA) is 75.6 Å². The number of carbonyl (C=O) groups is 2. The summed E-state index contributed by atoms with van der Waals surface area (Å²) in [6, 6.07) is 0. The second-order valence-electron chi connectivity index (χ2n) is 2.59. The molecule has 0 spiro atoms. The molecule has 0 saturated carbocycles. The SMILES string of the molecule is O=C(O)COCCNC(=O)CC(F)(F)F. The predicted octanol–water partition coefficient (Wildman–Crippen LogP) is 0.156. The molecule has 0 fully saturated rings. The third-order valence-electron chi connectivity index (χ3n) is 1.16. The molecule has 0 aromatic carbocycles. The molecule has 0 aromatic rings. The van der Waals surface area contributed by atoms with E-state index in [0.717, 1.165) is 0 Å². The van der Waals surface area contributed by atoms with E-state index in [1.807, 2.05) is 5.32 Å². The van der Waals surface area contributed by atoms with E-state index in [1.54, 1.807) is 0 Å². The summed E-state index contributed by atoms with van der Waals surface area (Å²) in [6.07, 6.45) is -6.09. The number of hydrogen-bond acceptors (Lipinski definition) is 3. The molecule has 5 nitrogen and oxygen atoms in total. The van der Waals surface area contributed by atoms with E-state index in [9.17, 15) is 22.8 Å². The molecule has 0 aliphatic carbocycles. The Morgan fingerprint density at radius 1 is 1.33 bits per heavy atom. The predicted molar refractivity (Wildman–Crippen MR) is 42.1 cm³/mol. The van der Waals surface area contributed by atoms with Crippen LogP contribution < -0.4 is 5.32 Å². The Hall–Kier alpha value is -1.31. The molecule has 0 aliphatic rings. The molecule has 0 atom stereocenters. The summed E-state index contributed by atoms with van der Waals surface area (Å²) in [7, 11) is 0. The Balaban J connectivity index is 3.44. The van der Waals surface area contributed by atoms with Crippen LogP contribution in [0.3, 0.4) is 0 Å². The quantitative estimate of drug-likeness (QED) is 0.636. The monoisotopic (exact) mass is 229 g/mol. The van der Waals surface area contributed by atoms with Gasteiger partial charge >= 0.3 is 12.1 Å². The van der Waals surface area contributed by atoms with Gasteiger partial charge in [-0.1, -0.05) is 0 Å². The van der Waals surface area contributed by atoms with E-state index in [0.29, 0.717) is 0 Å². The first-order valence-corrected chi connectivity index (χ1v) is 3.94. The lowest BCUT2D eigenvalue weighted by molar-refractivity contribution is -0.153. The second kappa shape index (κ2) is 6.23. The minimum Gasteiger partial charge on any atom is -0.480 e. The Morgan fingerprint density at radius 2 is 1.93 bits per heavy atom. The van der Waals surface area contributed by atoms with Gasteiger partial charge in [-0.05, 0) is 0 Å². The fraction of sp³-hybridized carbons (Fsp3) is 0.714. The van der Waals surface area contributed by atoms with E-state index in [2.05, 4.69) is 4.74 Å². The van der Waals surface area contributed by atoms with E-state index in [-0.39, 0.29) is 13.2 Å². The highest BCUT2D eigenvalue weighted by molar-refractivity contribution is 5.76. The van der Waals surface area contributed by atoms with Crippen molar-refractivity contribution in [3.8, 4) is 0 Å². The molecule has 0 radical (unpaired) electrons. The van der Waals surface area contributed by atoms with Gasteiger partial charge in [-0.15, -0.1) is 0 Å². The molecular formula is C7H10F3NO4. The molecule has 0 heterocycles. The zero-order valence-electron chi connectivity index (χ0n) is 7.63. The number of alkyl halides is 3. The van der Waals surface area contributed by atoms with Crippen molar-refractivity contribution in [1.29, 1.82) is 0 Å². The maximum Gasteiger partial charge on any atom is 0.397 e. The summed E-state index contributed by atoms with van der Waals surface area (Å²) >= 11 is 0. The molecule has 15 heavy (non-hydrogen) atoms.